The summed E-state index contributed by atoms with van der Waals surface area (Å²) in [6, 6.07) is 3.13. The molecular formula is C16H20BrF3N2O2. The molecule has 0 aromatic heterocycles. The second-order valence-electron chi connectivity index (χ2n) is 5.26. The van der Waals surface area contributed by atoms with Crippen LogP contribution in [0, 0.1) is 0 Å². The lowest BCUT2D eigenvalue weighted by atomic mass is 10.0. The lowest BCUT2D eigenvalue weighted by molar-refractivity contribution is -0.138. The first-order valence-electron chi connectivity index (χ1n) is 7.64. The highest BCUT2D eigenvalue weighted by atomic mass is 79.9. The summed E-state index contributed by atoms with van der Waals surface area (Å²) < 4.78 is 39.6. The van der Waals surface area contributed by atoms with Crippen molar-refractivity contribution in [3.8, 4) is 0 Å². The molecule has 1 aromatic rings. The predicted octanol–water partition coefficient (Wildman–Crippen LogP) is 4.35. The van der Waals surface area contributed by atoms with E-state index < -0.39 is 29.1 Å². The van der Waals surface area contributed by atoms with Crippen LogP contribution >= 0.6 is 15.9 Å². The zero-order valence-electron chi connectivity index (χ0n) is 13.3. The summed E-state index contributed by atoms with van der Waals surface area (Å²) >= 11 is 2.92. The van der Waals surface area contributed by atoms with Crippen molar-refractivity contribution < 1.29 is 22.8 Å². The quantitative estimate of drug-likeness (QED) is 0.496. The maximum absolute atomic E-state index is 13.2. The van der Waals surface area contributed by atoms with Crippen molar-refractivity contribution in [1.82, 2.24) is 5.32 Å². The van der Waals surface area contributed by atoms with Gasteiger partial charge in [0.2, 0.25) is 5.91 Å². The van der Waals surface area contributed by atoms with E-state index in [1.165, 1.54) is 6.07 Å². The Kier molecular flexibility index (Phi) is 8.24. The highest BCUT2D eigenvalue weighted by molar-refractivity contribution is 9.09. The third-order valence-corrected chi connectivity index (χ3v) is 3.80. The number of alkyl halides is 4. The Bertz CT molecular complexity index is 577. The molecule has 0 aliphatic carbocycles. The fourth-order valence-corrected chi connectivity index (χ4v) is 2.24. The number of amides is 2. The average Bonchev–Trinajstić information content (AvgIpc) is 2.53. The lowest BCUT2D eigenvalue weighted by Crippen LogP contribution is -2.27. The van der Waals surface area contributed by atoms with E-state index >= 15 is 0 Å². The Labute approximate surface area is 147 Å². The monoisotopic (exact) mass is 408 g/mol. The second-order valence-corrected chi connectivity index (χ2v) is 5.82. The summed E-state index contributed by atoms with van der Waals surface area (Å²) in [5.74, 6) is -1.24. The molecule has 0 unspecified atom stereocenters. The van der Waals surface area contributed by atoms with Gasteiger partial charge in [0.25, 0.3) is 5.91 Å². The van der Waals surface area contributed by atoms with E-state index in [1.54, 1.807) is 0 Å². The van der Waals surface area contributed by atoms with Gasteiger partial charge in [-0.2, -0.15) is 13.2 Å². The minimum Gasteiger partial charge on any atom is -0.352 e. The van der Waals surface area contributed by atoms with Crippen molar-refractivity contribution in [3.05, 3.63) is 29.3 Å². The molecule has 8 heteroatoms. The van der Waals surface area contributed by atoms with Crippen molar-refractivity contribution in [2.24, 2.45) is 0 Å². The number of anilines is 1. The van der Waals surface area contributed by atoms with E-state index in [-0.39, 0.29) is 11.0 Å². The van der Waals surface area contributed by atoms with Crippen LogP contribution in [0.15, 0.2) is 18.2 Å². The molecule has 0 saturated carbocycles. The van der Waals surface area contributed by atoms with Gasteiger partial charge in [-0.05, 0) is 24.6 Å². The average molecular weight is 409 g/mol. The molecule has 2 amide bonds. The van der Waals surface area contributed by atoms with E-state index in [0.717, 1.165) is 37.8 Å². The van der Waals surface area contributed by atoms with Gasteiger partial charge in [0.15, 0.2) is 0 Å². The normalized spacial score (nSPS) is 11.2. The van der Waals surface area contributed by atoms with E-state index in [1.807, 2.05) is 6.92 Å². The molecule has 24 heavy (non-hydrogen) atoms. The first-order chi connectivity index (χ1) is 11.3. The Morgan fingerprint density at radius 1 is 1.17 bits per heavy atom. The second kappa shape index (κ2) is 9.66. The fourth-order valence-electron chi connectivity index (χ4n) is 2.10. The SMILES string of the molecule is CCCCCCNC(=O)c1ccc(NC(=O)CBr)cc1C(F)(F)F. The Hall–Kier alpha value is -1.57. The topological polar surface area (TPSA) is 58.2 Å². The molecule has 1 aromatic carbocycles. The highest BCUT2D eigenvalue weighted by Gasteiger charge is 2.35. The smallest absolute Gasteiger partial charge is 0.352 e. The Morgan fingerprint density at radius 2 is 1.88 bits per heavy atom. The minimum absolute atomic E-state index is 0.00808. The van der Waals surface area contributed by atoms with Crippen LogP contribution in [-0.4, -0.2) is 23.7 Å². The number of benzene rings is 1. The van der Waals surface area contributed by atoms with E-state index in [9.17, 15) is 22.8 Å². The molecule has 0 aliphatic rings. The number of carbonyl (C=O) groups excluding carboxylic acids is 2. The first kappa shape index (κ1) is 20.5. The molecule has 0 saturated heterocycles. The van der Waals surface area contributed by atoms with E-state index in [4.69, 9.17) is 0 Å². The molecule has 0 atom stereocenters. The molecule has 2 N–H and O–H groups in total. The van der Waals surface area contributed by atoms with Crippen LogP contribution in [0.5, 0.6) is 0 Å². The van der Waals surface area contributed by atoms with Crippen molar-refractivity contribution >= 4 is 33.4 Å². The van der Waals surface area contributed by atoms with Gasteiger partial charge in [-0.15, -0.1) is 0 Å². The minimum atomic E-state index is -4.69. The van der Waals surface area contributed by atoms with Gasteiger partial charge < -0.3 is 10.6 Å². The molecule has 1 rings (SSSR count). The van der Waals surface area contributed by atoms with Crippen molar-refractivity contribution in [1.29, 1.82) is 0 Å². The van der Waals surface area contributed by atoms with Crippen molar-refractivity contribution in [3.63, 3.8) is 0 Å². The van der Waals surface area contributed by atoms with Crippen LogP contribution in [0.4, 0.5) is 18.9 Å². The van der Waals surface area contributed by atoms with Crippen LogP contribution in [0.25, 0.3) is 0 Å². The predicted molar refractivity (Wildman–Crippen MR) is 90.3 cm³/mol. The van der Waals surface area contributed by atoms with Crippen LogP contribution in [0.2, 0.25) is 0 Å². The highest BCUT2D eigenvalue weighted by Crippen LogP contribution is 2.34. The van der Waals surface area contributed by atoms with Crippen LogP contribution in [0.3, 0.4) is 0 Å². The van der Waals surface area contributed by atoms with Crippen molar-refractivity contribution in [2.45, 2.75) is 38.8 Å². The lowest BCUT2D eigenvalue weighted by Gasteiger charge is -2.15. The maximum atomic E-state index is 13.2. The molecule has 0 aliphatic heterocycles. The molecule has 4 nitrogen and oxygen atoms in total. The van der Waals surface area contributed by atoms with Gasteiger partial charge in [0.05, 0.1) is 16.5 Å². The van der Waals surface area contributed by atoms with Gasteiger partial charge in [-0.1, -0.05) is 42.1 Å². The van der Waals surface area contributed by atoms with Gasteiger partial charge >= 0.3 is 6.18 Å². The number of carbonyl (C=O) groups is 2. The number of halogens is 4. The number of rotatable bonds is 8. The summed E-state index contributed by atoms with van der Waals surface area (Å²) in [6.45, 7) is 2.38. The third-order valence-electron chi connectivity index (χ3n) is 3.29. The number of unbranched alkanes of at least 4 members (excludes halogenated alkanes) is 3. The number of hydrogen-bond donors (Lipinski definition) is 2. The number of hydrogen-bond acceptors (Lipinski definition) is 2. The summed E-state index contributed by atoms with van der Waals surface area (Å²) in [6.07, 6.45) is -0.996. The number of nitrogens with one attached hydrogen (secondary N) is 2. The zero-order valence-corrected chi connectivity index (χ0v) is 14.9. The van der Waals surface area contributed by atoms with Gasteiger partial charge in [-0.3, -0.25) is 9.59 Å². The molecule has 0 spiro atoms. The summed E-state index contributed by atoms with van der Waals surface area (Å²) in [5.41, 5.74) is -1.53. The molecule has 134 valence electrons. The van der Waals surface area contributed by atoms with Crippen molar-refractivity contribution in [2.75, 3.05) is 17.2 Å². The van der Waals surface area contributed by atoms with Gasteiger partial charge in [-0.25, -0.2) is 0 Å². The standard InChI is InChI=1S/C16H20BrF3N2O2/c1-2-3-4-5-8-21-15(24)12-7-6-11(22-14(23)10-17)9-13(12)16(18,19)20/h6-7,9H,2-5,8,10H2,1H3,(H,21,24)(H,22,23). The van der Waals surface area contributed by atoms with Gasteiger partial charge in [0.1, 0.15) is 0 Å². The summed E-state index contributed by atoms with van der Waals surface area (Å²) in [7, 11) is 0. The zero-order chi connectivity index (χ0) is 18.2. The molecule has 0 radical (unpaired) electrons. The van der Waals surface area contributed by atoms with E-state index in [0.29, 0.717) is 6.54 Å². The summed E-state index contributed by atoms with van der Waals surface area (Å²) in [4.78, 5) is 23.3. The summed E-state index contributed by atoms with van der Waals surface area (Å²) in [5, 5.41) is 4.79. The van der Waals surface area contributed by atoms with E-state index in [2.05, 4.69) is 26.6 Å². The molecular weight excluding hydrogens is 389 g/mol. The fraction of sp³-hybridized carbons (Fsp3) is 0.500. The largest absolute Gasteiger partial charge is 0.417 e. The first-order valence-corrected chi connectivity index (χ1v) is 8.77. The van der Waals surface area contributed by atoms with Gasteiger partial charge in [0, 0.05) is 12.2 Å². The Balaban J connectivity index is 2.88. The molecule has 0 heterocycles. The maximum Gasteiger partial charge on any atom is 0.417 e. The van der Waals surface area contributed by atoms with Crippen LogP contribution < -0.4 is 10.6 Å². The molecule has 0 bridgehead atoms. The third kappa shape index (κ3) is 6.51. The van der Waals surface area contributed by atoms with Crippen LogP contribution in [0.1, 0.15) is 48.5 Å². The Morgan fingerprint density at radius 3 is 2.46 bits per heavy atom. The van der Waals surface area contributed by atoms with Crippen LogP contribution in [-0.2, 0) is 11.0 Å². The molecule has 0 fully saturated rings.